The summed E-state index contributed by atoms with van der Waals surface area (Å²) in [6.45, 7) is 8.43. The van der Waals surface area contributed by atoms with E-state index in [0.717, 1.165) is 48.4 Å². The number of hydrogen-bond donors (Lipinski definition) is 0. The van der Waals surface area contributed by atoms with Crippen molar-refractivity contribution in [2.24, 2.45) is 0 Å². The molecule has 0 N–H and O–H groups in total. The van der Waals surface area contributed by atoms with Gasteiger partial charge in [0.2, 0.25) is 10.7 Å². The van der Waals surface area contributed by atoms with E-state index in [9.17, 15) is 0 Å². The van der Waals surface area contributed by atoms with Crippen LogP contribution in [0.3, 0.4) is 0 Å². The van der Waals surface area contributed by atoms with Crippen LogP contribution in [0.5, 0.6) is 0 Å². The van der Waals surface area contributed by atoms with Gasteiger partial charge in [-0.2, -0.15) is 5.10 Å². The lowest BCUT2D eigenvalue weighted by molar-refractivity contribution is 0.193. The Morgan fingerprint density at radius 1 is 0.963 bits per heavy atom. The quantitative estimate of drug-likeness (QED) is 0.648. The molecule has 27 heavy (non-hydrogen) atoms. The lowest BCUT2D eigenvalue weighted by atomic mass is 10.2. The van der Waals surface area contributed by atoms with E-state index < -0.39 is 0 Å². The van der Waals surface area contributed by atoms with Crippen molar-refractivity contribution in [3.05, 3.63) is 58.9 Å². The molecule has 4 rings (SSSR count). The largest absolute Gasteiger partial charge is 0.338 e. The summed E-state index contributed by atoms with van der Waals surface area (Å²) in [4.78, 5) is 13.3. The Morgan fingerprint density at radius 2 is 1.63 bits per heavy atom. The minimum atomic E-state index is 0.696. The first-order chi connectivity index (χ1) is 13.1. The van der Waals surface area contributed by atoms with E-state index in [1.165, 1.54) is 5.56 Å². The lowest BCUT2D eigenvalue weighted by Gasteiger charge is -2.34. The number of aromatic nitrogens is 5. The van der Waals surface area contributed by atoms with Gasteiger partial charge in [-0.1, -0.05) is 17.7 Å². The SMILES string of the molecule is Cc1ccc(-n2c(C)nn(CN3CCN(c4ncccn4)CC3)c2=S)cc1. The first kappa shape index (κ1) is 17.8. The molecule has 1 saturated heterocycles. The third-order valence-corrected chi connectivity index (χ3v) is 5.23. The summed E-state index contributed by atoms with van der Waals surface area (Å²) in [5.41, 5.74) is 2.29. The number of anilines is 1. The highest BCUT2D eigenvalue weighted by atomic mass is 32.1. The Morgan fingerprint density at radius 3 is 2.30 bits per heavy atom. The van der Waals surface area contributed by atoms with Gasteiger partial charge in [0.25, 0.3) is 0 Å². The Bertz CT molecular complexity index is 954. The topological polar surface area (TPSA) is 55.0 Å². The zero-order chi connectivity index (χ0) is 18.8. The second-order valence-corrected chi connectivity index (χ2v) is 7.16. The predicted octanol–water partition coefficient (Wildman–Crippen LogP) is 2.59. The molecule has 7 nitrogen and oxygen atoms in total. The fourth-order valence-electron chi connectivity index (χ4n) is 3.33. The fraction of sp³-hybridized carbons (Fsp3) is 0.368. The molecule has 1 aliphatic rings. The van der Waals surface area contributed by atoms with E-state index >= 15 is 0 Å². The average molecular weight is 382 g/mol. The van der Waals surface area contributed by atoms with Gasteiger partial charge >= 0.3 is 0 Å². The van der Waals surface area contributed by atoms with Crippen LogP contribution in [0.15, 0.2) is 42.7 Å². The minimum Gasteiger partial charge on any atom is -0.338 e. The molecule has 3 heterocycles. The summed E-state index contributed by atoms with van der Waals surface area (Å²) in [5.74, 6) is 1.70. The summed E-state index contributed by atoms with van der Waals surface area (Å²) in [6.07, 6.45) is 3.57. The smallest absolute Gasteiger partial charge is 0.225 e. The van der Waals surface area contributed by atoms with Gasteiger partial charge < -0.3 is 4.90 Å². The number of benzene rings is 1. The van der Waals surface area contributed by atoms with Crippen LogP contribution in [0.1, 0.15) is 11.4 Å². The Hall–Kier alpha value is -2.58. The molecular weight excluding hydrogens is 358 g/mol. The normalized spacial score (nSPS) is 15.3. The molecule has 3 aromatic rings. The van der Waals surface area contributed by atoms with Crippen LogP contribution in [-0.4, -0.2) is 55.4 Å². The first-order valence-electron chi connectivity index (χ1n) is 9.09. The summed E-state index contributed by atoms with van der Waals surface area (Å²) in [6, 6.07) is 10.2. The standard InChI is InChI=1S/C19H23N7S/c1-15-4-6-17(7-5-15)26-16(2)22-25(19(26)27)14-23-10-12-24(13-11-23)18-20-8-3-9-21-18/h3-9H,10-14H2,1-2H3. The van der Waals surface area contributed by atoms with Crippen LogP contribution in [0.2, 0.25) is 0 Å². The van der Waals surface area contributed by atoms with Crippen molar-refractivity contribution in [2.75, 3.05) is 31.1 Å². The maximum absolute atomic E-state index is 5.70. The second kappa shape index (κ2) is 7.58. The molecule has 0 bridgehead atoms. The Labute approximate surface area is 163 Å². The second-order valence-electron chi connectivity index (χ2n) is 6.80. The van der Waals surface area contributed by atoms with Crippen molar-refractivity contribution >= 4 is 18.2 Å². The van der Waals surface area contributed by atoms with E-state index in [4.69, 9.17) is 12.2 Å². The van der Waals surface area contributed by atoms with Gasteiger partial charge in [0.05, 0.1) is 6.67 Å². The molecule has 1 aliphatic heterocycles. The predicted molar refractivity (Wildman–Crippen MR) is 108 cm³/mol. The lowest BCUT2D eigenvalue weighted by Crippen LogP contribution is -2.47. The van der Waals surface area contributed by atoms with Gasteiger partial charge in [-0.05, 0) is 44.3 Å². The van der Waals surface area contributed by atoms with Crippen LogP contribution >= 0.6 is 12.2 Å². The third kappa shape index (κ3) is 3.77. The highest BCUT2D eigenvalue weighted by Gasteiger charge is 2.20. The summed E-state index contributed by atoms with van der Waals surface area (Å²) in [7, 11) is 0. The molecule has 0 aliphatic carbocycles. The van der Waals surface area contributed by atoms with E-state index in [2.05, 4.69) is 56.1 Å². The van der Waals surface area contributed by atoms with E-state index in [1.807, 2.05) is 22.2 Å². The zero-order valence-corrected chi connectivity index (χ0v) is 16.4. The molecule has 1 fully saturated rings. The molecule has 0 saturated carbocycles. The van der Waals surface area contributed by atoms with Crippen molar-refractivity contribution in [3.8, 4) is 5.69 Å². The van der Waals surface area contributed by atoms with E-state index in [0.29, 0.717) is 6.67 Å². The van der Waals surface area contributed by atoms with Gasteiger partial charge in [0.15, 0.2) is 0 Å². The monoisotopic (exact) mass is 381 g/mol. The van der Waals surface area contributed by atoms with Crippen LogP contribution < -0.4 is 4.90 Å². The van der Waals surface area contributed by atoms with Crippen LogP contribution in [-0.2, 0) is 6.67 Å². The van der Waals surface area contributed by atoms with Gasteiger partial charge in [0, 0.05) is 44.3 Å². The molecule has 0 radical (unpaired) electrons. The van der Waals surface area contributed by atoms with E-state index in [1.54, 1.807) is 12.4 Å². The van der Waals surface area contributed by atoms with Crippen molar-refractivity contribution in [1.82, 2.24) is 29.2 Å². The highest BCUT2D eigenvalue weighted by Crippen LogP contribution is 2.15. The molecule has 2 aromatic heterocycles. The minimum absolute atomic E-state index is 0.696. The molecular formula is C19H23N7S. The first-order valence-corrected chi connectivity index (χ1v) is 9.50. The Balaban J connectivity index is 1.46. The summed E-state index contributed by atoms with van der Waals surface area (Å²) in [5, 5.41) is 4.68. The van der Waals surface area contributed by atoms with Crippen LogP contribution in [0, 0.1) is 18.6 Å². The van der Waals surface area contributed by atoms with Crippen molar-refractivity contribution in [1.29, 1.82) is 0 Å². The summed E-state index contributed by atoms with van der Waals surface area (Å²) >= 11 is 5.70. The highest BCUT2D eigenvalue weighted by molar-refractivity contribution is 7.71. The number of aryl methyl sites for hydroxylation is 2. The molecule has 0 atom stereocenters. The zero-order valence-electron chi connectivity index (χ0n) is 15.6. The van der Waals surface area contributed by atoms with E-state index in [-0.39, 0.29) is 0 Å². The summed E-state index contributed by atoms with van der Waals surface area (Å²) < 4.78 is 4.67. The number of rotatable bonds is 4. The van der Waals surface area contributed by atoms with Gasteiger partial charge in [-0.15, -0.1) is 0 Å². The van der Waals surface area contributed by atoms with Crippen molar-refractivity contribution in [3.63, 3.8) is 0 Å². The average Bonchev–Trinajstić information content (AvgIpc) is 2.97. The number of piperazine rings is 1. The number of nitrogens with zero attached hydrogens (tertiary/aromatic N) is 7. The molecule has 1 aromatic carbocycles. The maximum atomic E-state index is 5.70. The molecule has 8 heteroatoms. The molecule has 0 spiro atoms. The third-order valence-electron chi connectivity index (χ3n) is 4.83. The van der Waals surface area contributed by atoms with Gasteiger partial charge in [-0.3, -0.25) is 9.47 Å². The van der Waals surface area contributed by atoms with Gasteiger partial charge in [-0.25, -0.2) is 14.6 Å². The maximum Gasteiger partial charge on any atom is 0.225 e. The fourth-order valence-corrected chi connectivity index (χ4v) is 3.67. The molecule has 140 valence electrons. The molecule has 0 unspecified atom stereocenters. The number of hydrogen-bond acceptors (Lipinski definition) is 6. The van der Waals surface area contributed by atoms with Crippen LogP contribution in [0.4, 0.5) is 5.95 Å². The van der Waals surface area contributed by atoms with Crippen LogP contribution in [0.25, 0.3) is 5.69 Å². The molecule has 0 amide bonds. The van der Waals surface area contributed by atoms with Crippen molar-refractivity contribution < 1.29 is 0 Å². The van der Waals surface area contributed by atoms with Gasteiger partial charge in [0.1, 0.15) is 5.82 Å². The Kier molecular flexibility index (Phi) is 5.00. The van der Waals surface area contributed by atoms with Crippen molar-refractivity contribution in [2.45, 2.75) is 20.5 Å².